The van der Waals surface area contributed by atoms with Gasteiger partial charge in [0.25, 0.3) is 11.8 Å². The smallest absolute Gasteiger partial charge is 0.458 e. The van der Waals surface area contributed by atoms with E-state index in [1.54, 1.807) is 18.2 Å². The van der Waals surface area contributed by atoms with Crippen LogP contribution in [-0.2, 0) is 12.5 Å². The first kappa shape index (κ1) is 28.3. The Balaban J connectivity index is 1.41. The monoisotopic (exact) mass is 575 g/mol. The topological polar surface area (TPSA) is 95.6 Å². The number of alkyl halides is 5. The second kappa shape index (κ2) is 11.0. The van der Waals surface area contributed by atoms with E-state index in [1.165, 1.54) is 18.3 Å². The second-order valence-electron chi connectivity index (χ2n) is 9.86. The van der Waals surface area contributed by atoms with Crippen LogP contribution in [0.1, 0.15) is 44.7 Å². The number of rotatable bonds is 8. The molecule has 13 heteroatoms. The van der Waals surface area contributed by atoms with Crippen molar-refractivity contribution in [3.05, 3.63) is 77.0 Å². The number of halogens is 5. The fourth-order valence-electron chi connectivity index (χ4n) is 4.89. The Morgan fingerprint density at radius 2 is 1.95 bits per heavy atom. The van der Waals surface area contributed by atoms with Crippen molar-refractivity contribution in [1.29, 1.82) is 0 Å². The number of aromatic nitrogens is 1. The number of likely N-dealkylation sites (N-methyl/N-ethyl adjacent to an activating group) is 1. The lowest BCUT2D eigenvalue weighted by atomic mass is 10.1. The Morgan fingerprint density at radius 1 is 1.15 bits per heavy atom. The van der Waals surface area contributed by atoms with E-state index >= 15 is 0 Å². The molecule has 1 atom stereocenters. The highest BCUT2D eigenvalue weighted by Gasteiger charge is 2.60. The maximum atomic E-state index is 14.4. The molecule has 0 aliphatic carbocycles. The van der Waals surface area contributed by atoms with Crippen molar-refractivity contribution in [1.82, 2.24) is 15.2 Å². The summed E-state index contributed by atoms with van der Waals surface area (Å²) in [6.07, 6.45) is -2.82. The number of benzene rings is 2. The van der Waals surface area contributed by atoms with Crippen molar-refractivity contribution >= 4 is 29.0 Å². The summed E-state index contributed by atoms with van der Waals surface area (Å²) in [4.78, 5) is 31.4. The lowest BCUT2D eigenvalue weighted by Crippen LogP contribution is -2.35. The van der Waals surface area contributed by atoms with Crippen LogP contribution in [0.3, 0.4) is 0 Å². The molecule has 216 valence electrons. The van der Waals surface area contributed by atoms with Gasteiger partial charge < -0.3 is 25.6 Å². The highest BCUT2D eigenvalue weighted by Crippen LogP contribution is 2.48. The first-order chi connectivity index (χ1) is 19.5. The summed E-state index contributed by atoms with van der Waals surface area (Å²) in [6.45, 7) is 0.958. The second-order valence-corrected chi connectivity index (χ2v) is 9.86. The van der Waals surface area contributed by atoms with Crippen LogP contribution in [0.2, 0.25) is 0 Å². The van der Waals surface area contributed by atoms with Crippen LogP contribution in [0.15, 0.2) is 54.7 Å². The van der Waals surface area contributed by atoms with E-state index in [4.69, 9.17) is 4.74 Å². The zero-order valence-electron chi connectivity index (χ0n) is 21.8. The summed E-state index contributed by atoms with van der Waals surface area (Å²) in [6, 6.07) is 10.4. The number of nitrogens with one attached hydrogen (secondary N) is 3. The Kier molecular flexibility index (Phi) is 7.56. The first-order valence-electron chi connectivity index (χ1n) is 12.8. The van der Waals surface area contributed by atoms with Gasteiger partial charge in [-0.3, -0.25) is 9.59 Å². The third-order valence-corrected chi connectivity index (χ3v) is 7.19. The zero-order valence-corrected chi connectivity index (χ0v) is 21.8. The number of amides is 2. The minimum Gasteiger partial charge on any atom is -0.491 e. The summed E-state index contributed by atoms with van der Waals surface area (Å²) in [5.74, 6) is -6.61. The lowest BCUT2D eigenvalue weighted by molar-refractivity contribution is -0.289. The van der Waals surface area contributed by atoms with Gasteiger partial charge in [0, 0.05) is 47.4 Å². The van der Waals surface area contributed by atoms with Crippen LogP contribution >= 0.6 is 0 Å². The molecule has 0 radical (unpaired) electrons. The maximum absolute atomic E-state index is 14.4. The molecule has 1 unspecified atom stereocenters. The third-order valence-electron chi connectivity index (χ3n) is 7.19. The molecule has 3 heterocycles. The largest absolute Gasteiger partial charge is 0.491 e. The average molecular weight is 576 g/mol. The number of likely N-dealkylation sites (tertiary alicyclic amines) is 1. The lowest BCUT2D eigenvalue weighted by Gasteiger charge is -2.25. The number of nitrogens with zero attached hydrogens (tertiary/aromatic N) is 2. The van der Waals surface area contributed by atoms with Gasteiger partial charge in [0.2, 0.25) is 0 Å². The van der Waals surface area contributed by atoms with E-state index in [0.29, 0.717) is 35.8 Å². The molecular formula is C28H26F5N5O3. The number of carbonyl (C=O) groups excluding carboxylic acids is 2. The van der Waals surface area contributed by atoms with Crippen LogP contribution < -0.4 is 20.7 Å². The van der Waals surface area contributed by atoms with Gasteiger partial charge in [-0.1, -0.05) is 6.07 Å². The van der Waals surface area contributed by atoms with Gasteiger partial charge in [-0.05, 0) is 62.8 Å². The number of pyridine rings is 1. The summed E-state index contributed by atoms with van der Waals surface area (Å²) < 4.78 is 74.0. The van der Waals surface area contributed by atoms with E-state index in [0.717, 1.165) is 25.1 Å². The summed E-state index contributed by atoms with van der Waals surface area (Å²) >= 11 is 0. The third kappa shape index (κ3) is 5.67. The molecule has 3 aromatic rings. The number of carbonyl (C=O) groups is 2. The number of hydrogen-bond donors (Lipinski definition) is 3. The van der Waals surface area contributed by atoms with Crippen LogP contribution in [0.4, 0.5) is 39.1 Å². The Labute approximate surface area is 231 Å². The Morgan fingerprint density at radius 3 is 2.68 bits per heavy atom. The number of hydrogen-bond acceptors (Lipinski definition) is 6. The van der Waals surface area contributed by atoms with Gasteiger partial charge in [0.1, 0.15) is 18.2 Å². The molecule has 0 saturated carbocycles. The maximum Gasteiger partial charge on any atom is 0.458 e. The fraction of sp³-hybridized carbons (Fsp3) is 0.321. The van der Waals surface area contributed by atoms with E-state index in [1.807, 2.05) is 11.9 Å². The van der Waals surface area contributed by atoms with Gasteiger partial charge >= 0.3 is 12.1 Å². The molecule has 8 nitrogen and oxygen atoms in total. The van der Waals surface area contributed by atoms with Gasteiger partial charge in [-0.2, -0.15) is 22.0 Å². The number of anilines is 3. The van der Waals surface area contributed by atoms with Crippen molar-refractivity contribution in [2.24, 2.45) is 0 Å². The highest BCUT2D eigenvalue weighted by atomic mass is 19.4. The Hall–Kier alpha value is -4.26. The minimum absolute atomic E-state index is 0.0447. The predicted octanol–water partition coefficient (Wildman–Crippen LogP) is 5.45. The van der Waals surface area contributed by atoms with Crippen molar-refractivity contribution in [3.63, 3.8) is 0 Å². The van der Waals surface area contributed by atoms with Gasteiger partial charge in [-0.25, -0.2) is 4.98 Å². The van der Waals surface area contributed by atoms with Crippen molar-refractivity contribution in [2.75, 3.05) is 30.8 Å². The van der Waals surface area contributed by atoms with Crippen LogP contribution in [0.25, 0.3) is 0 Å². The molecule has 1 fully saturated rings. The first-order valence-corrected chi connectivity index (χ1v) is 12.8. The molecule has 3 N–H and O–H groups in total. The van der Waals surface area contributed by atoms with Crippen molar-refractivity contribution in [3.8, 4) is 5.75 Å². The van der Waals surface area contributed by atoms with E-state index in [2.05, 4.69) is 20.9 Å². The highest BCUT2D eigenvalue weighted by molar-refractivity contribution is 6.08. The van der Waals surface area contributed by atoms with E-state index in [-0.39, 0.29) is 35.6 Å². The quantitative estimate of drug-likeness (QED) is 0.310. The molecular weight excluding hydrogens is 549 g/mol. The van der Waals surface area contributed by atoms with E-state index < -0.39 is 29.3 Å². The standard InChI is InChI=1S/C28H26F5N5O3/c1-38-12-4-5-17(38)15-41-23-13-16(9-10-21(23)27(29,30)28(31,32)33)36-26(40)19-7-3-11-34-24(19)37-22-8-2-6-18-20(22)14-35-25(18)39/h2-3,6-11,13,17H,4-5,12,14-15H2,1H3,(H,34,37)(H,35,39)(H,36,40). The summed E-state index contributed by atoms with van der Waals surface area (Å²) in [5, 5.41) is 8.32. The molecule has 1 saturated heterocycles. The fourth-order valence-corrected chi connectivity index (χ4v) is 4.89. The van der Waals surface area contributed by atoms with Gasteiger partial charge in [0.15, 0.2) is 0 Å². The Bertz CT molecular complexity index is 1480. The van der Waals surface area contributed by atoms with Gasteiger partial charge in [-0.15, -0.1) is 0 Å². The molecule has 2 aliphatic rings. The number of fused-ring (bicyclic) bond motifs is 1. The van der Waals surface area contributed by atoms with Crippen LogP contribution in [-0.4, -0.2) is 54.1 Å². The molecule has 2 amide bonds. The SMILES string of the molecule is CN1CCCC1COc1cc(NC(=O)c2cccnc2Nc2cccc3c2CNC3=O)ccc1C(F)(F)C(F)(F)F. The van der Waals surface area contributed by atoms with Crippen LogP contribution in [0.5, 0.6) is 5.75 Å². The average Bonchev–Trinajstić information content (AvgIpc) is 3.52. The normalized spacial score (nSPS) is 17.2. The zero-order chi connectivity index (χ0) is 29.4. The summed E-state index contributed by atoms with van der Waals surface area (Å²) in [5.41, 5.74) is 0.432. The summed E-state index contributed by atoms with van der Waals surface area (Å²) in [7, 11) is 1.82. The number of ether oxygens (including phenoxy) is 1. The molecule has 2 aromatic carbocycles. The molecule has 0 spiro atoms. The van der Waals surface area contributed by atoms with E-state index in [9.17, 15) is 31.5 Å². The molecule has 1 aromatic heterocycles. The van der Waals surface area contributed by atoms with Gasteiger partial charge in [0.05, 0.1) is 11.1 Å². The molecule has 0 bridgehead atoms. The van der Waals surface area contributed by atoms with Crippen molar-refractivity contribution < 1.29 is 36.3 Å². The molecule has 41 heavy (non-hydrogen) atoms. The predicted molar refractivity (Wildman–Crippen MR) is 141 cm³/mol. The van der Waals surface area contributed by atoms with Crippen molar-refractivity contribution in [2.45, 2.75) is 37.5 Å². The van der Waals surface area contributed by atoms with Crippen LogP contribution in [0, 0.1) is 0 Å². The minimum atomic E-state index is -5.84. The molecule has 5 rings (SSSR count). The molecule has 2 aliphatic heterocycles.